The van der Waals surface area contributed by atoms with Crippen molar-refractivity contribution in [3.63, 3.8) is 0 Å². The van der Waals surface area contributed by atoms with Crippen LogP contribution < -0.4 is 21.7 Å². The number of hydrogen-bond acceptors (Lipinski definition) is 8. The first kappa shape index (κ1) is 31.8. The Kier molecular flexibility index (Phi) is 12.7. The molecule has 1 aromatic rings. The zero-order valence-electron chi connectivity index (χ0n) is 21.0. The Morgan fingerprint density at radius 1 is 0.842 bits per heavy atom. The van der Waals surface area contributed by atoms with Crippen molar-refractivity contribution < 1.29 is 49.2 Å². The number of amides is 3. The molecule has 0 aliphatic heterocycles. The van der Waals surface area contributed by atoms with Crippen LogP contribution in [0.2, 0.25) is 0 Å². The molecule has 1 rings (SSSR count). The van der Waals surface area contributed by atoms with Crippen LogP contribution in [0.25, 0.3) is 0 Å². The Morgan fingerprint density at radius 3 is 1.92 bits per heavy atom. The summed E-state index contributed by atoms with van der Waals surface area (Å²) < 4.78 is 0. The maximum absolute atomic E-state index is 13.0. The fourth-order valence-corrected chi connectivity index (χ4v) is 3.36. The Labute approximate surface area is 218 Å². The van der Waals surface area contributed by atoms with Crippen molar-refractivity contribution in [2.45, 2.75) is 70.1 Å². The van der Waals surface area contributed by atoms with E-state index in [9.17, 15) is 44.1 Å². The topological polar surface area (TPSA) is 245 Å². The minimum atomic E-state index is -1.68. The van der Waals surface area contributed by atoms with Gasteiger partial charge in [-0.3, -0.25) is 24.0 Å². The molecule has 0 aliphatic carbocycles. The van der Waals surface area contributed by atoms with E-state index < -0.39 is 72.1 Å². The number of carboxylic acid groups (broad SMARTS) is 3. The number of aromatic hydroxyl groups is 1. The number of carbonyl (C=O) groups is 6. The van der Waals surface area contributed by atoms with Gasteiger partial charge < -0.3 is 42.1 Å². The molecular weight excluding hydrogens is 504 g/mol. The predicted molar refractivity (Wildman–Crippen MR) is 132 cm³/mol. The number of aliphatic carboxylic acids is 3. The molecular formula is C24H34N4O10. The molecule has 38 heavy (non-hydrogen) atoms. The summed E-state index contributed by atoms with van der Waals surface area (Å²) in [7, 11) is 0. The van der Waals surface area contributed by atoms with Gasteiger partial charge in [0.15, 0.2) is 0 Å². The molecule has 0 saturated carbocycles. The molecule has 210 valence electrons. The fourth-order valence-electron chi connectivity index (χ4n) is 3.36. The van der Waals surface area contributed by atoms with Gasteiger partial charge in [-0.05, 0) is 30.0 Å². The maximum atomic E-state index is 13.0. The van der Waals surface area contributed by atoms with Gasteiger partial charge in [-0.15, -0.1) is 0 Å². The third kappa shape index (κ3) is 10.8. The molecule has 0 fully saturated rings. The Bertz CT molecular complexity index is 1010. The molecule has 0 aliphatic rings. The highest BCUT2D eigenvalue weighted by atomic mass is 16.4. The zero-order chi connectivity index (χ0) is 29.0. The first-order chi connectivity index (χ1) is 17.7. The predicted octanol–water partition coefficient (Wildman–Crippen LogP) is -0.813. The summed E-state index contributed by atoms with van der Waals surface area (Å²) in [4.78, 5) is 72.2. The van der Waals surface area contributed by atoms with Crippen LogP contribution in [0.1, 0.15) is 45.1 Å². The zero-order valence-corrected chi connectivity index (χ0v) is 21.0. The molecule has 5 atom stereocenters. The Hall–Kier alpha value is -4.20. The second-order valence-corrected chi connectivity index (χ2v) is 8.84. The second kappa shape index (κ2) is 15.1. The summed E-state index contributed by atoms with van der Waals surface area (Å²) in [5.74, 6) is -7.31. The molecule has 0 heterocycles. The highest BCUT2D eigenvalue weighted by Gasteiger charge is 2.33. The van der Waals surface area contributed by atoms with E-state index in [1.165, 1.54) is 24.3 Å². The van der Waals surface area contributed by atoms with Crippen LogP contribution in [0.4, 0.5) is 0 Å². The van der Waals surface area contributed by atoms with Crippen LogP contribution in [-0.2, 0) is 35.2 Å². The maximum Gasteiger partial charge on any atom is 0.326 e. The number of carbonyl (C=O) groups excluding carboxylic acids is 3. The van der Waals surface area contributed by atoms with Crippen LogP contribution in [0.15, 0.2) is 24.3 Å². The second-order valence-electron chi connectivity index (χ2n) is 8.84. The van der Waals surface area contributed by atoms with Gasteiger partial charge in [0.05, 0.1) is 12.5 Å². The first-order valence-electron chi connectivity index (χ1n) is 11.9. The van der Waals surface area contributed by atoms with Crippen molar-refractivity contribution in [3.05, 3.63) is 29.8 Å². The molecule has 0 spiro atoms. The highest BCUT2D eigenvalue weighted by Crippen LogP contribution is 2.13. The Morgan fingerprint density at radius 2 is 1.42 bits per heavy atom. The number of hydrogen-bond donors (Lipinski definition) is 8. The van der Waals surface area contributed by atoms with Gasteiger partial charge in [0.25, 0.3) is 0 Å². The lowest BCUT2D eigenvalue weighted by atomic mass is 9.97. The van der Waals surface area contributed by atoms with Gasteiger partial charge in [-0.25, -0.2) is 4.79 Å². The number of phenols is 1. The van der Waals surface area contributed by atoms with Gasteiger partial charge in [-0.2, -0.15) is 0 Å². The number of nitrogens with two attached hydrogens (primary N) is 1. The van der Waals surface area contributed by atoms with Crippen molar-refractivity contribution in [1.29, 1.82) is 0 Å². The normalized spacial score (nSPS) is 14.7. The van der Waals surface area contributed by atoms with E-state index in [1.807, 2.05) is 0 Å². The number of nitrogens with one attached hydrogen (secondary N) is 3. The largest absolute Gasteiger partial charge is 0.508 e. The van der Waals surface area contributed by atoms with E-state index in [-0.39, 0.29) is 25.0 Å². The molecule has 1 aromatic carbocycles. The number of phenolic OH excluding ortho intramolecular Hbond substituents is 1. The van der Waals surface area contributed by atoms with Gasteiger partial charge in [0.2, 0.25) is 17.7 Å². The van der Waals surface area contributed by atoms with E-state index in [1.54, 1.807) is 13.8 Å². The molecule has 0 aromatic heterocycles. The van der Waals surface area contributed by atoms with Crippen LogP contribution in [0.3, 0.4) is 0 Å². The lowest BCUT2D eigenvalue weighted by Gasteiger charge is -2.27. The van der Waals surface area contributed by atoms with Crippen molar-refractivity contribution in [2.24, 2.45) is 11.7 Å². The minimum Gasteiger partial charge on any atom is -0.508 e. The molecule has 0 bridgehead atoms. The summed E-state index contributed by atoms with van der Waals surface area (Å²) in [6.07, 6.45) is -1.22. The summed E-state index contributed by atoms with van der Waals surface area (Å²) in [6, 6.07) is -0.0351. The lowest BCUT2D eigenvalue weighted by Crippen LogP contribution is -2.59. The monoisotopic (exact) mass is 538 g/mol. The van der Waals surface area contributed by atoms with Crippen LogP contribution in [0.5, 0.6) is 5.75 Å². The molecule has 9 N–H and O–H groups in total. The van der Waals surface area contributed by atoms with Crippen LogP contribution in [0, 0.1) is 5.92 Å². The molecule has 3 amide bonds. The van der Waals surface area contributed by atoms with E-state index in [0.29, 0.717) is 12.0 Å². The van der Waals surface area contributed by atoms with Gasteiger partial charge in [0.1, 0.15) is 23.9 Å². The van der Waals surface area contributed by atoms with Crippen molar-refractivity contribution >= 4 is 35.6 Å². The summed E-state index contributed by atoms with van der Waals surface area (Å²) in [6.45, 7) is 3.35. The average Bonchev–Trinajstić information content (AvgIpc) is 2.84. The van der Waals surface area contributed by atoms with Crippen LogP contribution in [-0.4, -0.2) is 80.2 Å². The van der Waals surface area contributed by atoms with Crippen LogP contribution >= 0.6 is 0 Å². The minimum absolute atomic E-state index is 0.0420. The molecule has 14 nitrogen and oxygen atoms in total. The average molecular weight is 539 g/mol. The molecule has 0 radical (unpaired) electrons. The van der Waals surface area contributed by atoms with E-state index in [0.717, 1.165) is 0 Å². The van der Waals surface area contributed by atoms with E-state index in [4.69, 9.17) is 10.8 Å². The van der Waals surface area contributed by atoms with E-state index in [2.05, 4.69) is 16.0 Å². The summed E-state index contributed by atoms with van der Waals surface area (Å²) in [5.41, 5.74) is 6.17. The Balaban J connectivity index is 3.03. The third-order valence-electron chi connectivity index (χ3n) is 5.80. The van der Waals surface area contributed by atoms with Gasteiger partial charge in [-0.1, -0.05) is 32.4 Å². The van der Waals surface area contributed by atoms with Crippen molar-refractivity contribution in [2.75, 3.05) is 0 Å². The molecule has 5 unspecified atom stereocenters. The standard InChI is InChI=1S/C24H34N4O10/c1-3-12(2)20(28-21(34)15(25)8-9-18(30)31)23(36)26-16(11-19(32)33)22(35)27-17(24(37)38)10-13-4-6-14(29)7-5-13/h4-7,12,15-17,20,29H,3,8-11,25H2,1-2H3,(H,26,36)(H,27,35)(H,28,34)(H,30,31)(H,32,33)(H,37,38). The SMILES string of the molecule is CCC(C)C(NC(=O)C(N)CCC(=O)O)C(=O)NC(CC(=O)O)C(=O)NC(Cc1ccc(O)cc1)C(=O)O. The molecule has 14 heteroatoms. The van der Waals surface area contributed by atoms with Gasteiger partial charge in [0, 0.05) is 12.8 Å². The highest BCUT2D eigenvalue weighted by molar-refractivity contribution is 5.95. The van der Waals surface area contributed by atoms with Crippen molar-refractivity contribution in [1.82, 2.24) is 16.0 Å². The quantitative estimate of drug-likeness (QED) is 0.129. The van der Waals surface area contributed by atoms with Gasteiger partial charge >= 0.3 is 17.9 Å². The van der Waals surface area contributed by atoms with E-state index >= 15 is 0 Å². The number of carboxylic acids is 3. The third-order valence-corrected chi connectivity index (χ3v) is 5.80. The number of rotatable bonds is 16. The summed E-state index contributed by atoms with van der Waals surface area (Å²) in [5, 5.41) is 43.9. The lowest BCUT2D eigenvalue weighted by molar-refractivity contribution is -0.144. The molecule has 0 saturated heterocycles. The fraction of sp³-hybridized carbons (Fsp3) is 0.500. The summed E-state index contributed by atoms with van der Waals surface area (Å²) >= 11 is 0. The number of benzene rings is 1. The van der Waals surface area contributed by atoms with Crippen molar-refractivity contribution in [3.8, 4) is 5.75 Å². The smallest absolute Gasteiger partial charge is 0.326 e. The first-order valence-corrected chi connectivity index (χ1v) is 11.9.